The maximum absolute atomic E-state index is 12.7. The molecule has 2 saturated heterocycles. The molecule has 2 heterocycles. The van der Waals surface area contributed by atoms with Gasteiger partial charge in [-0.2, -0.15) is 0 Å². The van der Waals surface area contributed by atoms with Crippen molar-refractivity contribution in [2.45, 2.75) is 142 Å². The summed E-state index contributed by atoms with van der Waals surface area (Å²) < 4.78 is 32.7. The second-order valence-electron chi connectivity index (χ2n) is 15.0. The van der Waals surface area contributed by atoms with Gasteiger partial charge in [0.1, 0.15) is 6.10 Å². The zero-order chi connectivity index (χ0) is 28.9. The molecule has 0 N–H and O–H groups in total. The van der Waals surface area contributed by atoms with E-state index in [1.54, 1.807) is 19.0 Å². The number of carbonyl (C=O) groups is 1. The second-order valence-corrected chi connectivity index (χ2v) is 24.5. The van der Waals surface area contributed by atoms with Crippen LogP contribution in [0.1, 0.15) is 69.2 Å². The van der Waals surface area contributed by atoms with Gasteiger partial charge in [0.2, 0.25) is 0 Å². The van der Waals surface area contributed by atoms with E-state index in [1.807, 2.05) is 13.8 Å². The van der Waals surface area contributed by atoms with Crippen LogP contribution in [0.25, 0.3) is 0 Å². The first-order valence-electron chi connectivity index (χ1n) is 14.0. The molecule has 7 nitrogen and oxygen atoms in total. The number of hydrogen-bond donors (Lipinski definition) is 0. The van der Waals surface area contributed by atoms with Gasteiger partial charge in [-0.15, -0.1) is 0 Å². The monoisotopic (exact) mass is 559 g/mol. The van der Waals surface area contributed by atoms with Gasteiger partial charge in [-0.1, -0.05) is 55.4 Å². The van der Waals surface area contributed by atoms with E-state index >= 15 is 0 Å². The van der Waals surface area contributed by atoms with Gasteiger partial charge in [-0.25, -0.2) is 0 Å². The van der Waals surface area contributed by atoms with Crippen molar-refractivity contribution in [2.75, 3.05) is 20.7 Å². The van der Waals surface area contributed by atoms with Crippen LogP contribution in [0.2, 0.25) is 36.3 Å². The molecule has 9 heteroatoms. The van der Waals surface area contributed by atoms with Crippen molar-refractivity contribution in [3.05, 3.63) is 0 Å². The first kappa shape index (κ1) is 32.9. The Kier molecular flexibility index (Phi) is 9.73. The number of epoxide rings is 1. The number of ether oxygens (including phenoxy) is 3. The van der Waals surface area contributed by atoms with Crippen LogP contribution in [0.15, 0.2) is 0 Å². The Hall–Kier alpha value is -0.296. The van der Waals surface area contributed by atoms with Crippen molar-refractivity contribution in [1.82, 2.24) is 4.90 Å². The SMILES string of the molecule is C[C@@H]([C@H](O[Si](C)(C)C(C)(C)C)[C@H](C)[C@@H]1O[C@H]1C(=O)N(C)C)[C@H](O[Si](C)(C)C(C)(C)C)[C@H]1COC(C)(C)O1. The third-order valence-electron chi connectivity index (χ3n) is 9.15. The van der Waals surface area contributed by atoms with Crippen LogP contribution in [-0.4, -0.2) is 84.5 Å². The number of carbonyl (C=O) groups excluding carboxylic acids is 1. The Labute approximate surface area is 229 Å². The van der Waals surface area contributed by atoms with Crippen molar-refractivity contribution in [2.24, 2.45) is 11.8 Å². The summed E-state index contributed by atoms with van der Waals surface area (Å²) in [4.78, 5) is 14.3. The van der Waals surface area contributed by atoms with E-state index < -0.39 is 28.5 Å². The molecule has 0 aromatic heterocycles. The molecule has 0 saturated carbocycles. The third-order valence-corrected chi connectivity index (χ3v) is 18.1. The van der Waals surface area contributed by atoms with Crippen LogP contribution in [0, 0.1) is 11.8 Å². The molecule has 7 atom stereocenters. The van der Waals surface area contributed by atoms with Crippen molar-refractivity contribution < 1.29 is 27.9 Å². The second kappa shape index (κ2) is 10.9. The highest BCUT2D eigenvalue weighted by molar-refractivity contribution is 6.74. The predicted molar refractivity (Wildman–Crippen MR) is 155 cm³/mol. The van der Waals surface area contributed by atoms with Crippen LogP contribution in [0.5, 0.6) is 0 Å². The summed E-state index contributed by atoms with van der Waals surface area (Å²) in [6.45, 7) is 31.5. The summed E-state index contributed by atoms with van der Waals surface area (Å²) in [7, 11) is -0.753. The minimum atomic E-state index is -2.16. The summed E-state index contributed by atoms with van der Waals surface area (Å²) in [5.74, 6) is -0.623. The van der Waals surface area contributed by atoms with Gasteiger partial charge in [0, 0.05) is 25.9 Å². The van der Waals surface area contributed by atoms with Crippen molar-refractivity contribution >= 4 is 22.5 Å². The summed E-state index contributed by atoms with van der Waals surface area (Å²) in [5.41, 5.74) is 0. The Balaban J connectivity index is 2.47. The van der Waals surface area contributed by atoms with Gasteiger partial charge >= 0.3 is 0 Å². The van der Waals surface area contributed by atoms with Crippen molar-refractivity contribution in [3.8, 4) is 0 Å². The van der Waals surface area contributed by atoms with Crippen LogP contribution < -0.4 is 0 Å². The lowest BCUT2D eigenvalue weighted by atomic mass is 9.85. The molecule has 0 aromatic carbocycles. The van der Waals surface area contributed by atoms with Gasteiger partial charge in [-0.05, 0) is 50.1 Å². The van der Waals surface area contributed by atoms with Crippen molar-refractivity contribution in [3.63, 3.8) is 0 Å². The number of nitrogens with zero attached hydrogens (tertiary/aromatic N) is 1. The first-order valence-corrected chi connectivity index (χ1v) is 19.8. The first-order chi connectivity index (χ1) is 16.4. The minimum Gasteiger partial charge on any atom is -0.413 e. The standard InChI is InChI=1S/C28H57NO6Si2/c1-18(22(20-17-31-28(9,10)33-20)35-37(15,16)27(6,7)8)21(34-36(13,14)26(3,4)5)19(2)23-24(32-23)25(30)29(11)12/h18-24H,17H2,1-16H3/t18-,19-,20+,21-,22-,23-,24+/m0/s1. The van der Waals surface area contributed by atoms with E-state index in [1.165, 1.54) is 0 Å². The van der Waals surface area contributed by atoms with Crippen LogP contribution >= 0.6 is 0 Å². The number of likely N-dealkylation sites (N-methyl/N-ethyl adjacent to an activating group) is 1. The lowest BCUT2D eigenvalue weighted by Gasteiger charge is -2.47. The predicted octanol–water partition coefficient (Wildman–Crippen LogP) is 6.05. The highest BCUT2D eigenvalue weighted by Crippen LogP contribution is 2.45. The molecule has 2 aliphatic rings. The summed E-state index contributed by atoms with van der Waals surface area (Å²) >= 11 is 0. The fourth-order valence-electron chi connectivity index (χ4n) is 4.48. The van der Waals surface area contributed by atoms with E-state index in [-0.39, 0.29) is 52.2 Å². The molecule has 218 valence electrons. The minimum absolute atomic E-state index is 0.0000539. The van der Waals surface area contributed by atoms with E-state index in [9.17, 15) is 4.79 Å². The average Bonchev–Trinajstić information content (AvgIpc) is 3.43. The fourth-order valence-corrected chi connectivity index (χ4v) is 7.34. The third kappa shape index (κ3) is 7.67. The zero-order valence-electron chi connectivity index (χ0n) is 26.6. The molecule has 0 spiro atoms. The smallest absolute Gasteiger partial charge is 0.253 e. The molecule has 0 aromatic rings. The maximum Gasteiger partial charge on any atom is 0.253 e. The van der Waals surface area contributed by atoms with E-state index in [0.29, 0.717) is 6.61 Å². The highest BCUT2D eigenvalue weighted by Gasteiger charge is 2.56. The largest absolute Gasteiger partial charge is 0.413 e. The molecule has 2 aliphatic heterocycles. The quantitative estimate of drug-likeness (QED) is 0.240. The van der Waals surface area contributed by atoms with Crippen LogP contribution in [0.4, 0.5) is 0 Å². The average molecular weight is 560 g/mol. The van der Waals surface area contributed by atoms with Crippen molar-refractivity contribution in [1.29, 1.82) is 0 Å². The van der Waals surface area contributed by atoms with Gasteiger partial charge < -0.3 is 28.0 Å². The Morgan fingerprint density at radius 2 is 1.43 bits per heavy atom. The summed E-state index contributed by atoms with van der Waals surface area (Å²) in [6.07, 6.45) is -1.14. The molecule has 0 aliphatic carbocycles. The topological polar surface area (TPSA) is 69.8 Å². The Bertz CT molecular complexity index is 801. The van der Waals surface area contributed by atoms with Crippen LogP contribution in [-0.2, 0) is 27.9 Å². The van der Waals surface area contributed by atoms with Gasteiger partial charge in [0.15, 0.2) is 28.5 Å². The highest BCUT2D eigenvalue weighted by atomic mass is 28.4. The molecule has 0 unspecified atom stereocenters. The molecule has 2 fully saturated rings. The molecule has 0 bridgehead atoms. The van der Waals surface area contributed by atoms with Gasteiger partial charge in [-0.3, -0.25) is 4.79 Å². The fraction of sp³-hybridized carbons (Fsp3) is 0.964. The molecular formula is C28H57NO6Si2. The normalized spacial score (nSPS) is 27.9. The number of hydrogen-bond acceptors (Lipinski definition) is 6. The van der Waals surface area contributed by atoms with Gasteiger partial charge in [0.05, 0.1) is 24.9 Å². The Morgan fingerprint density at radius 1 is 0.946 bits per heavy atom. The van der Waals surface area contributed by atoms with E-state index in [4.69, 9.17) is 23.1 Å². The summed E-state index contributed by atoms with van der Waals surface area (Å²) in [6, 6.07) is 0. The van der Waals surface area contributed by atoms with Gasteiger partial charge in [0.25, 0.3) is 5.91 Å². The lowest BCUT2D eigenvalue weighted by Crippen LogP contribution is -2.56. The molecule has 1 amide bonds. The number of rotatable bonds is 10. The molecular weight excluding hydrogens is 502 g/mol. The zero-order valence-corrected chi connectivity index (χ0v) is 28.6. The van der Waals surface area contributed by atoms with Crippen LogP contribution in [0.3, 0.4) is 0 Å². The van der Waals surface area contributed by atoms with E-state index in [2.05, 4.69) is 81.6 Å². The maximum atomic E-state index is 12.7. The van der Waals surface area contributed by atoms with E-state index in [0.717, 1.165) is 0 Å². The lowest BCUT2D eigenvalue weighted by molar-refractivity contribution is -0.157. The number of amides is 1. The molecule has 0 radical (unpaired) electrons. The molecule has 37 heavy (non-hydrogen) atoms. The Morgan fingerprint density at radius 3 is 1.84 bits per heavy atom. The molecule has 2 rings (SSSR count). The summed E-state index contributed by atoms with van der Waals surface area (Å²) in [5, 5.41) is 0.0862.